The molecule has 0 saturated heterocycles. The Labute approximate surface area is 415 Å². The van der Waals surface area contributed by atoms with Crippen LogP contribution in [0, 0.1) is 0 Å². The number of thiophene rings is 1. The number of hydrogen-bond donors (Lipinski definition) is 1. The van der Waals surface area contributed by atoms with Crippen LogP contribution >= 0.6 is 11.3 Å². The lowest BCUT2D eigenvalue weighted by atomic mass is 10.0. The molecule has 11 aromatic carbocycles. The number of para-hydroxylation sites is 3. The first-order valence-corrected chi connectivity index (χ1v) is 25.2. The largest absolute Gasteiger partial charge is 0.456 e. The lowest BCUT2D eigenvalue weighted by molar-refractivity contribution is 0.666. The minimum atomic E-state index is -0.487. The third kappa shape index (κ3) is 5.83. The van der Waals surface area contributed by atoms with Crippen molar-refractivity contribution in [3.63, 3.8) is 0 Å². The van der Waals surface area contributed by atoms with Crippen molar-refractivity contribution in [3.05, 3.63) is 241 Å². The van der Waals surface area contributed by atoms with E-state index in [4.69, 9.17) is 14.4 Å². The molecule has 0 amide bonds. The van der Waals surface area contributed by atoms with Crippen LogP contribution in [0.15, 0.2) is 239 Å². The predicted octanol–water partition coefficient (Wildman–Crippen LogP) is 16.9. The van der Waals surface area contributed by atoms with Gasteiger partial charge in [0.25, 0.3) is 0 Å². The molecule has 15 aromatic rings. The number of fused-ring (bicyclic) bond motifs is 14. The summed E-state index contributed by atoms with van der Waals surface area (Å²) >= 11 is 1.84. The second kappa shape index (κ2) is 15.1. The molecule has 0 radical (unpaired) electrons. The Morgan fingerprint density at radius 1 is 0.431 bits per heavy atom. The van der Waals surface area contributed by atoms with Crippen molar-refractivity contribution in [3.8, 4) is 11.4 Å². The average molecular weight is 938 g/mol. The normalized spacial score (nSPS) is 14.2. The van der Waals surface area contributed by atoms with E-state index < -0.39 is 6.17 Å². The van der Waals surface area contributed by atoms with Gasteiger partial charge in [-0.15, -0.1) is 11.3 Å². The van der Waals surface area contributed by atoms with Crippen molar-refractivity contribution in [1.29, 1.82) is 0 Å². The zero-order chi connectivity index (χ0) is 47.0. The van der Waals surface area contributed by atoms with Crippen LogP contribution in [-0.4, -0.2) is 20.8 Å². The molecule has 0 bridgehead atoms. The molecule has 1 unspecified atom stereocenters. The van der Waals surface area contributed by atoms with Crippen LogP contribution in [0.4, 0.5) is 0 Å². The Morgan fingerprint density at radius 2 is 1.04 bits per heavy atom. The highest BCUT2D eigenvalue weighted by atomic mass is 32.1. The SMILES string of the molecule is c1ccc(-n2c3ccccc3c3cc(C4N=C(c5ccc6c(sc7ccccc76)c5-n5c6cc7ccccc7cc6c6cc7ccccc7cc65)N=C(c5ccc6c(c5)oc5ccccc56)N4)ccc32)cc1. The summed E-state index contributed by atoms with van der Waals surface area (Å²) in [5, 5.41) is 18.0. The van der Waals surface area contributed by atoms with Gasteiger partial charge in [0.2, 0.25) is 0 Å². The monoisotopic (exact) mass is 937 g/mol. The predicted molar refractivity (Wildman–Crippen MR) is 302 cm³/mol. The van der Waals surface area contributed by atoms with E-state index in [-0.39, 0.29) is 0 Å². The second-order valence-electron chi connectivity index (χ2n) is 18.9. The van der Waals surface area contributed by atoms with E-state index in [1.807, 2.05) is 23.5 Å². The van der Waals surface area contributed by atoms with Crippen molar-refractivity contribution < 1.29 is 4.42 Å². The fraction of sp³-hybridized carbons (Fsp3) is 0.0154. The summed E-state index contributed by atoms with van der Waals surface area (Å²) in [7, 11) is 0. The zero-order valence-electron chi connectivity index (χ0n) is 38.5. The molecule has 0 fully saturated rings. The first-order valence-electron chi connectivity index (χ1n) is 24.4. The molecule has 1 aliphatic heterocycles. The molecule has 16 rings (SSSR count). The maximum atomic E-state index is 6.51. The van der Waals surface area contributed by atoms with Crippen LogP contribution in [0.25, 0.3) is 119 Å². The van der Waals surface area contributed by atoms with Gasteiger partial charge in [0.1, 0.15) is 23.2 Å². The summed E-state index contributed by atoms with van der Waals surface area (Å²) in [6.45, 7) is 0. The summed E-state index contributed by atoms with van der Waals surface area (Å²) in [5.74, 6) is 1.37. The van der Waals surface area contributed by atoms with Gasteiger partial charge >= 0.3 is 0 Å². The molecule has 1 atom stereocenters. The van der Waals surface area contributed by atoms with E-state index in [1.165, 1.54) is 57.9 Å². The van der Waals surface area contributed by atoms with E-state index in [1.54, 1.807) is 0 Å². The van der Waals surface area contributed by atoms with E-state index in [0.717, 1.165) is 83.3 Å². The number of nitrogens with zero attached hydrogens (tertiary/aromatic N) is 4. The molecule has 336 valence electrons. The molecule has 6 nitrogen and oxygen atoms in total. The summed E-state index contributed by atoms with van der Waals surface area (Å²) < 4.78 is 13.8. The number of nitrogens with one attached hydrogen (secondary N) is 1. The fourth-order valence-electron chi connectivity index (χ4n) is 11.6. The Morgan fingerprint density at radius 3 is 1.82 bits per heavy atom. The first kappa shape index (κ1) is 39.5. The van der Waals surface area contributed by atoms with E-state index in [0.29, 0.717) is 5.84 Å². The van der Waals surface area contributed by atoms with Gasteiger partial charge in [-0.05, 0) is 112 Å². The number of hydrogen-bond acceptors (Lipinski definition) is 5. The number of benzene rings is 11. The molecule has 0 spiro atoms. The van der Waals surface area contributed by atoms with Crippen LogP contribution in [-0.2, 0) is 0 Å². The molecule has 4 aromatic heterocycles. The van der Waals surface area contributed by atoms with Crippen molar-refractivity contribution in [2.75, 3.05) is 0 Å². The molecule has 7 heteroatoms. The average Bonchev–Trinajstić information content (AvgIpc) is 4.19. The highest BCUT2D eigenvalue weighted by Crippen LogP contribution is 2.45. The van der Waals surface area contributed by atoms with Crippen molar-refractivity contribution in [2.24, 2.45) is 9.98 Å². The molecule has 0 saturated carbocycles. The van der Waals surface area contributed by atoms with Gasteiger partial charge in [-0.1, -0.05) is 140 Å². The standard InChI is InChI=1S/C65H39N5OS/c1-2-18-44(19-3-1)69-54-23-11-8-20-45(54)51-34-42(27-31-55(51)69)63-66-64(43-26-28-47-46-21-9-12-24-58(46)71-59(47)37-43)68-65(67-63)50-30-29-49-48-22-10-13-25-60(48)72-62(49)61(50)70-56-35-40-16-6-4-14-38(40)32-52(56)53-33-39-15-5-7-17-41(39)36-57(53)70/h1-37,63H,(H,66,67,68). The lowest BCUT2D eigenvalue weighted by Crippen LogP contribution is -2.33. The van der Waals surface area contributed by atoms with Crippen molar-refractivity contribution >= 4 is 130 Å². The fourth-order valence-corrected chi connectivity index (χ4v) is 12.8. The maximum absolute atomic E-state index is 6.51. The van der Waals surface area contributed by atoms with Gasteiger partial charge in [-0.25, -0.2) is 9.98 Å². The number of furan rings is 1. The highest BCUT2D eigenvalue weighted by molar-refractivity contribution is 7.26. The molecular formula is C65H39N5OS. The molecule has 5 heterocycles. The summed E-state index contributed by atoms with van der Waals surface area (Å²) in [6.07, 6.45) is -0.487. The Hall–Kier alpha value is -9.30. The third-order valence-electron chi connectivity index (χ3n) is 14.9. The number of aliphatic imine (C=N–C) groups is 2. The van der Waals surface area contributed by atoms with Gasteiger partial charge in [0.15, 0.2) is 5.84 Å². The van der Waals surface area contributed by atoms with Gasteiger partial charge in [0.05, 0.1) is 32.5 Å². The third-order valence-corrected chi connectivity index (χ3v) is 16.1. The van der Waals surface area contributed by atoms with Gasteiger partial charge < -0.3 is 18.9 Å². The van der Waals surface area contributed by atoms with Crippen LogP contribution in [0.2, 0.25) is 0 Å². The zero-order valence-corrected chi connectivity index (χ0v) is 39.4. The minimum absolute atomic E-state index is 0.487. The molecular weight excluding hydrogens is 899 g/mol. The molecule has 1 aliphatic rings. The quantitative estimate of drug-likeness (QED) is 0.187. The summed E-state index contributed by atoms with van der Waals surface area (Å²) in [6, 6.07) is 81.0. The Balaban J connectivity index is 0.988. The van der Waals surface area contributed by atoms with E-state index in [2.05, 4.69) is 227 Å². The Bertz CT molecular complexity index is 4760. The number of rotatable bonds is 5. The van der Waals surface area contributed by atoms with Crippen molar-refractivity contribution in [2.45, 2.75) is 6.17 Å². The van der Waals surface area contributed by atoms with E-state index >= 15 is 0 Å². The van der Waals surface area contributed by atoms with Crippen LogP contribution in [0.1, 0.15) is 22.9 Å². The van der Waals surface area contributed by atoms with Crippen LogP contribution in [0.5, 0.6) is 0 Å². The van der Waals surface area contributed by atoms with Crippen LogP contribution in [0.3, 0.4) is 0 Å². The summed E-state index contributed by atoms with van der Waals surface area (Å²) in [4.78, 5) is 11.3. The van der Waals surface area contributed by atoms with Crippen LogP contribution < -0.4 is 5.32 Å². The molecule has 72 heavy (non-hydrogen) atoms. The number of amidine groups is 2. The topological polar surface area (TPSA) is 59.8 Å². The lowest BCUT2D eigenvalue weighted by Gasteiger charge is -2.25. The highest BCUT2D eigenvalue weighted by Gasteiger charge is 2.28. The molecule has 1 N–H and O–H groups in total. The van der Waals surface area contributed by atoms with Gasteiger partial charge in [-0.3, -0.25) is 0 Å². The second-order valence-corrected chi connectivity index (χ2v) is 20.0. The van der Waals surface area contributed by atoms with E-state index in [9.17, 15) is 0 Å². The summed E-state index contributed by atoms with van der Waals surface area (Å²) in [5.41, 5.74) is 11.3. The van der Waals surface area contributed by atoms with Gasteiger partial charge in [-0.2, -0.15) is 0 Å². The van der Waals surface area contributed by atoms with Gasteiger partial charge in [0, 0.05) is 64.6 Å². The molecule has 0 aliphatic carbocycles. The Kier molecular flexibility index (Phi) is 8.29. The first-order chi connectivity index (χ1) is 35.7. The number of aromatic nitrogens is 2. The smallest absolute Gasteiger partial charge is 0.161 e. The minimum Gasteiger partial charge on any atom is -0.456 e. The van der Waals surface area contributed by atoms with Crippen molar-refractivity contribution in [1.82, 2.24) is 14.5 Å². The maximum Gasteiger partial charge on any atom is 0.161 e.